The van der Waals surface area contributed by atoms with Crippen molar-refractivity contribution in [2.45, 2.75) is 6.18 Å². The molecule has 0 saturated heterocycles. The Morgan fingerprint density at radius 1 is 1.06 bits per heavy atom. The standard InChI is InChI=1S/C25H17BrF3NO5/c1-33-20-11-10-14(12-17(20)26)23-24(22(32)15-6-2-5-9-19(15)35-23)34-13-21(31)30-18-8-4-3-7-16(18)25(27,28)29/h2-12H,13H2,1H3,(H,30,31). The summed E-state index contributed by atoms with van der Waals surface area (Å²) >= 11 is 3.38. The first kappa shape index (κ1) is 24.3. The molecule has 0 bridgehead atoms. The van der Waals surface area contributed by atoms with Crippen LogP contribution in [0.4, 0.5) is 18.9 Å². The molecule has 0 spiro atoms. The molecular formula is C25H17BrF3NO5. The van der Waals surface area contributed by atoms with Gasteiger partial charge in [-0.1, -0.05) is 24.3 Å². The van der Waals surface area contributed by atoms with Crippen LogP contribution in [0.3, 0.4) is 0 Å². The summed E-state index contributed by atoms with van der Waals surface area (Å²) in [6.45, 7) is -0.723. The van der Waals surface area contributed by atoms with Gasteiger partial charge in [0, 0.05) is 5.56 Å². The number of hydrogen-bond donors (Lipinski definition) is 1. The Balaban J connectivity index is 1.68. The number of nitrogens with one attached hydrogen (secondary N) is 1. The maximum Gasteiger partial charge on any atom is 0.418 e. The van der Waals surface area contributed by atoms with Crippen LogP contribution < -0.4 is 20.2 Å². The van der Waals surface area contributed by atoms with Gasteiger partial charge in [-0.25, -0.2) is 0 Å². The fourth-order valence-corrected chi connectivity index (χ4v) is 3.96. The van der Waals surface area contributed by atoms with E-state index in [2.05, 4.69) is 21.2 Å². The lowest BCUT2D eigenvalue weighted by molar-refractivity contribution is -0.137. The van der Waals surface area contributed by atoms with Crippen LogP contribution in [-0.4, -0.2) is 19.6 Å². The Kier molecular flexibility index (Phi) is 6.83. The van der Waals surface area contributed by atoms with Crippen LogP contribution in [0.1, 0.15) is 5.56 Å². The van der Waals surface area contributed by atoms with Gasteiger partial charge in [0.25, 0.3) is 5.91 Å². The number of anilines is 1. The molecule has 6 nitrogen and oxygen atoms in total. The van der Waals surface area contributed by atoms with Gasteiger partial charge in [-0.2, -0.15) is 13.2 Å². The molecule has 1 heterocycles. The Labute approximate surface area is 205 Å². The first-order valence-corrected chi connectivity index (χ1v) is 11.0. The molecule has 1 aromatic heterocycles. The lowest BCUT2D eigenvalue weighted by Gasteiger charge is -2.15. The molecule has 3 aromatic carbocycles. The number of methoxy groups -OCH3 is 1. The lowest BCUT2D eigenvalue weighted by Crippen LogP contribution is -2.24. The molecule has 0 saturated carbocycles. The zero-order valence-electron chi connectivity index (χ0n) is 18.1. The van der Waals surface area contributed by atoms with Gasteiger partial charge in [-0.15, -0.1) is 0 Å². The van der Waals surface area contributed by atoms with Gasteiger partial charge < -0.3 is 19.2 Å². The van der Waals surface area contributed by atoms with E-state index < -0.39 is 35.4 Å². The highest BCUT2D eigenvalue weighted by atomic mass is 79.9. The van der Waals surface area contributed by atoms with Crippen molar-refractivity contribution in [3.05, 3.63) is 87.0 Å². The predicted molar refractivity (Wildman–Crippen MR) is 128 cm³/mol. The van der Waals surface area contributed by atoms with Crippen LogP contribution in [0.25, 0.3) is 22.3 Å². The van der Waals surface area contributed by atoms with Crippen LogP contribution in [-0.2, 0) is 11.0 Å². The van der Waals surface area contributed by atoms with E-state index in [0.717, 1.165) is 12.1 Å². The zero-order valence-corrected chi connectivity index (χ0v) is 19.7. The molecule has 10 heteroatoms. The SMILES string of the molecule is COc1ccc(-c2oc3ccccc3c(=O)c2OCC(=O)Nc2ccccc2C(F)(F)F)cc1Br. The normalized spacial score (nSPS) is 11.3. The fourth-order valence-electron chi connectivity index (χ4n) is 3.42. The Morgan fingerprint density at radius 3 is 2.49 bits per heavy atom. The molecular weight excluding hydrogens is 531 g/mol. The number of alkyl halides is 3. The Bertz CT molecular complexity index is 1470. The topological polar surface area (TPSA) is 77.8 Å². The van der Waals surface area contributed by atoms with Gasteiger partial charge in [0.1, 0.15) is 11.3 Å². The minimum Gasteiger partial charge on any atom is -0.496 e. The van der Waals surface area contributed by atoms with Crippen molar-refractivity contribution in [2.24, 2.45) is 0 Å². The van der Waals surface area contributed by atoms with E-state index in [1.54, 1.807) is 42.5 Å². The molecule has 0 fully saturated rings. The third-order valence-electron chi connectivity index (χ3n) is 5.02. The van der Waals surface area contributed by atoms with Crippen molar-refractivity contribution < 1.29 is 31.9 Å². The average molecular weight is 548 g/mol. The molecule has 0 unspecified atom stereocenters. The summed E-state index contributed by atoms with van der Waals surface area (Å²) in [4.78, 5) is 25.7. The summed E-state index contributed by atoms with van der Waals surface area (Å²) in [5.74, 6) is -0.529. The van der Waals surface area contributed by atoms with E-state index in [1.807, 2.05) is 0 Å². The number of amides is 1. The summed E-state index contributed by atoms with van der Waals surface area (Å²) in [6.07, 6.45) is -4.65. The number of hydrogen-bond acceptors (Lipinski definition) is 5. The highest BCUT2D eigenvalue weighted by molar-refractivity contribution is 9.10. The largest absolute Gasteiger partial charge is 0.496 e. The van der Waals surface area contributed by atoms with Crippen LogP contribution >= 0.6 is 15.9 Å². The van der Waals surface area contributed by atoms with E-state index in [1.165, 1.54) is 19.2 Å². The van der Waals surface area contributed by atoms with Crippen molar-refractivity contribution >= 4 is 38.5 Å². The van der Waals surface area contributed by atoms with E-state index in [0.29, 0.717) is 21.4 Å². The number of para-hydroxylation sites is 2. The second-order valence-electron chi connectivity index (χ2n) is 7.32. The average Bonchev–Trinajstić information content (AvgIpc) is 2.83. The number of halogens is 4. The quantitative estimate of drug-likeness (QED) is 0.308. The molecule has 0 atom stereocenters. The number of ether oxygens (including phenoxy) is 2. The molecule has 0 radical (unpaired) electrons. The van der Waals surface area contributed by atoms with Gasteiger partial charge in [-0.05, 0) is 58.4 Å². The van der Waals surface area contributed by atoms with E-state index in [4.69, 9.17) is 13.9 Å². The number of rotatable bonds is 6. The molecule has 0 aliphatic heterocycles. The minimum absolute atomic E-state index is 0.0561. The molecule has 0 aliphatic carbocycles. The number of carbonyl (C=O) groups is 1. The highest BCUT2D eigenvalue weighted by Crippen LogP contribution is 2.36. The fraction of sp³-hybridized carbons (Fsp3) is 0.120. The van der Waals surface area contributed by atoms with E-state index >= 15 is 0 Å². The maximum absolute atomic E-state index is 13.2. The first-order chi connectivity index (χ1) is 16.7. The Morgan fingerprint density at radius 2 is 1.77 bits per heavy atom. The van der Waals surface area contributed by atoms with Crippen LogP contribution in [0, 0.1) is 0 Å². The van der Waals surface area contributed by atoms with Gasteiger partial charge in [-0.3, -0.25) is 9.59 Å². The van der Waals surface area contributed by atoms with Gasteiger partial charge in [0.05, 0.1) is 28.2 Å². The maximum atomic E-state index is 13.2. The number of fused-ring (bicyclic) bond motifs is 1. The molecule has 4 aromatic rings. The van der Waals surface area contributed by atoms with Crippen molar-refractivity contribution in [1.82, 2.24) is 0 Å². The van der Waals surface area contributed by atoms with Crippen LogP contribution in [0.5, 0.6) is 11.5 Å². The van der Waals surface area contributed by atoms with E-state index in [-0.39, 0.29) is 16.9 Å². The second kappa shape index (κ2) is 9.83. The molecule has 35 heavy (non-hydrogen) atoms. The number of carbonyl (C=O) groups excluding carboxylic acids is 1. The van der Waals surface area contributed by atoms with Gasteiger partial charge in [0.2, 0.25) is 11.2 Å². The van der Waals surface area contributed by atoms with Crippen molar-refractivity contribution in [3.63, 3.8) is 0 Å². The predicted octanol–water partition coefficient (Wildman–Crippen LogP) is 6.27. The smallest absolute Gasteiger partial charge is 0.418 e. The van der Waals surface area contributed by atoms with Crippen LogP contribution in [0.15, 0.2) is 80.4 Å². The van der Waals surface area contributed by atoms with Crippen LogP contribution in [0.2, 0.25) is 0 Å². The highest BCUT2D eigenvalue weighted by Gasteiger charge is 2.33. The van der Waals surface area contributed by atoms with E-state index in [9.17, 15) is 22.8 Å². The summed E-state index contributed by atoms with van der Waals surface area (Å²) in [7, 11) is 1.50. The summed E-state index contributed by atoms with van der Waals surface area (Å²) in [5, 5.41) is 2.41. The minimum atomic E-state index is -4.65. The molecule has 180 valence electrons. The van der Waals surface area contributed by atoms with Gasteiger partial charge in [0.15, 0.2) is 12.4 Å². The first-order valence-electron chi connectivity index (χ1n) is 10.2. The summed E-state index contributed by atoms with van der Waals surface area (Å²) in [6, 6.07) is 16.0. The summed E-state index contributed by atoms with van der Waals surface area (Å²) in [5.41, 5.74) is -1.19. The van der Waals surface area contributed by atoms with Crippen molar-refractivity contribution in [3.8, 4) is 22.8 Å². The Hall–Kier alpha value is -3.79. The molecule has 4 rings (SSSR count). The number of benzene rings is 3. The monoisotopic (exact) mass is 547 g/mol. The molecule has 0 aliphatic rings. The summed E-state index contributed by atoms with van der Waals surface area (Å²) < 4.78 is 57.0. The van der Waals surface area contributed by atoms with Crippen molar-refractivity contribution in [2.75, 3.05) is 19.0 Å². The van der Waals surface area contributed by atoms with Gasteiger partial charge >= 0.3 is 6.18 Å². The third kappa shape index (κ3) is 5.17. The lowest BCUT2D eigenvalue weighted by atomic mass is 10.1. The zero-order chi connectivity index (χ0) is 25.2. The van der Waals surface area contributed by atoms with Crippen molar-refractivity contribution in [1.29, 1.82) is 0 Å². The third-order valence-corrected chi connectivity index (χ3v) is 5.64. The second-order valence-corrected chi connectivity index (χ2v) is 8.17. The molecule has 1 amide bonds. The molecule has 1 N–H and O–H groups in total.